The molecule has 0 saturated carbocycles. The molecule has 0 spiro atoms. The summed E-state index contributed by atoms with van der Waals surface area (Å²) >= 11 is 1.62. The largest absolute Gasteiger partial charge is 0.375 e. The summed E-state index contributed by atoms with van der Waals surface area (Å²) in [5.41, 5.74) is 0.931. The van der Waals surface area contributed by atoms with Gasteiger partial charge in [-0.15, -0.1) is 11.8 Å². The van der Waals surface area contributed by atoms with E-state index in [0.717, 1.165) is 21.4 Å². The molecular formula is C23H25N3O3S2. The lowest BCUT2D eigenvalue weighted by Gasteiger charge is -2.34. The van der Waals surface area contributed by atoms with Gasteiger partial charge in [0.15, 0.2) is 0 Å². The maximum absolute atomic E-state index is 13.1. The number of carbonyl (C=O) groups is 1. The summed E-state index contributed by atoms with van der Waals surface area (Å²) in [6, 6.07) is 20.8. The maximum Gasteiger partial charge on any atom is 0.243 e. The Kier molecular flexibility index (Phi) is 6.50. The number of hydrogen-bond donors (Lipinski definition) is 1. The molecule has 0 aromatic heterocycles. The zero-order valence-corrected chi connectivity index (χ0v) is 19.0. The van der Waals surface area contributed by atoms with Crippen LogP contribution in [0.4, 0.5) is 5.69 Å². The van der Waals surface area contributed by atoms with Crippen LogP contribution in [0.3, 0.4) is 0 Å². The lowest BCUT2D eigenvalue weighted by atomic mass is 10.1. The fraction of sp³-hybridized carbons (Fsp3) is 0.261. The molecule has 3 aromatic rings. The third kappa shape index (κ3) is 4.71. The van der Waals surface area contributed by atoms with Gasteiger partial charge in [-0.25, -0.2) is 8.42 Å². The summed E-state index contributed by atoms with van der Waals surface area (Å²) in [5, 5.41) is 5.11. The maximum atomic E-state index is 13.1. The lowest BCUT2D eigenvalue weighted by Crippen LogP contribution is -2.51. The Bertz CT molecular complexity index is 1190. The average molecular weight is 456 g/mol. The highest BCUT2D eigenvalue weighted by Gasteiger charge is 2.30. The van der Waals surface area contributed by atoms with Crippen LogP contribution in [0, 0.1) is 0 Å². The van der Waals surface area contributed by atoms with Gasteiger partial charge in [0.25, 0.3) is 0 Å². The minimum absolute atomic E-state index is 0.0290. The van der Waals surface area contributed by atoms with E-state index >= 15 is 0 Å². The van der Waals surface area contributed by atoms with Crippen molar-refractivity contribution >= 4 is 44.2 Å². The van der Waals surface area contributed by atoms with Gasteiger partial charge in [0.05, 0.1) is 11.4 Å². The van der Waals surface area contributed by atoms with Gasteiger partial charge in [-0.1, -0.05) is 42.5 Å². The number of hydrogen-bond acceptors (Lipinski definition) is 5. The molecule has 162 valence electrons. The smallest absolute Gasteiger partial charge is 0.243 e. The lowest BCUT2D eigenvalue weighted by molar-refractivity contribution is -0.130. The molecule has 4 rings (SSSR count). The number of fused-ring (bicyclic) bond motifs is 1. The van der Waals surface area contributed by atoms with Crippen molar-refractivity contribution in [3.8, 4) is 0 Å². The van der Waals surface area contributed by atoms with Crippen molar-refractivity contribution in [2.24, 2.45) is 0 Å². The van der Waals surface area contributed by atoms with Gasteiger partial charge in [0.1, 0.15) is 0 Å². The van der Waals surface area contributed by atoms with Crippen LogP contribution < -0.4 is 5.32 Å². The van der Waals surface area contributed by atoms with Crippen molar-refractivity contribution in [2.75, 3.05) is 44.3 Å². The number of para-hydroxylation sites is 1. The predicted octanol–water partition coefficient (Wildman–Crippen LogP) is 3.51. The highest BCUT2D eigenvalue weighted by Crippen LogP contribution is 2.25. The predicted molar refractivity (Wildman–Crippen MR) is 126 cm³/mol. The van der Waals surface area contributed by atoms with Crippen LogP contribution in [0.5, 0.6) is 0 Å². The SMILES string of the molecule is CSc1ccccc1NCC(=O)N1CCN(S(=O)(=O)c2ccc3ccccc3c2)CC1. The molecule has 1 aliphatic heterocycles. The Hall–Kier alpha value is -2.55. The molecule has 1 amide bonds. The Morgan fingerprint density at radius 2 is 1.61 bits per heavy atom. The molecule has 1 fully saturated rings. The van der Waals surface area contributed by atoms with Crippen LogP contribution in [0.1, 0.15) is 0 Å². The Balaban J connectivity index is 1.37. The van der Waals surface area contributed by atoms with E-state index in [0.29, 0.717) is 31.1 Å². The number of carbonyl (C=O) groups excluding carboxylic acids is 1. The molecule has 0 bridgehead atoms. The highest BCUT2D eigenvalue weighted by molar-refractivity contribution is 7.98. The number of benzene rings is 3. The molecule has 6 nitrogen and oxygen atoms in total. The molecular weight excluding hydrogens is 430 g/mol. The summed E-state index contributed by atoms with van der Waals surface area (Å²) in [6.45, 7) is 1.55. The number of amides is 1. The van der Waals surface area contributed by atoms with Crippen molar-refractivity contribution in [2.45, 2.75) is 9.79 Å². The van der Waals surface area contributed by atoms with Crippen LogP contribution in [0.15, 0.2) is 76.5 Å². The fourth-order valence-corrected chi connectivity index (χ4v) is 5.76. The molecule has 1 N–H and O–H groups in total. The van der Waals surface area contributed by atoms with Crippen LogP contribution in [-0.4, -0.2) is 62.5 Å². The second kappa shape index (κ2) is 9.30. The Morgan fingerprint density at radius 3 is 2.35 bits per heavy atom. The van der Waals surface area contributed by atoms with E-state index < -0.39 is 10.0 Å². The van der Waals surface area contributed by atoms with E-state index in [-0.39, 0.29) is 12.5 Å². The van der Waals surface area contributed by atoms with Crippen molar-refractivity contribution in [3.63, 3.8) is 0 Å². The van der Waals surface area contributed by atoms with E-state index in [2.05, 4.69) is 5.32 Å². The fourth-order valence-electron chi connectivity index (χ4n) is 3.73. The third-order valence-corrected chi connectivity index (χ3v) is 8.18. The first-order valence-electron chi connectivity index (χ1n) is 10.1. The Morgan fingerprint density at radius 1 is 0.935 bits per heavy atom. The van der Waals surface area contributed by atoms with Gasteiger partial charge >= 0.3 is 0 Å². The highest BCUT2D eigenvalue weighted by atomic mass is 32.2. The molecule has 0 aliphatic carbocycles. The zero-order valence-electron chi connectivity index (χ0n) is 17.3. The third-order valence-electron chi connectivity index (χ3n) is 5.49. The normalized spacial score (nSPS) is 15.2. The first-order valence-corrected chi connectivity index (χ1v) is 12.8. The molecule has 31 heavy (non-hydrogen) atoms. The minimum Gasteiger partial charge on any atom is -0.375 e. The van der Waals surface area contributed by atoms with Crippen LogP contribution in [0.2, 0.25) is 0 Å². The number of sulfonamides is 1. The quantitative estimate of drug-likeness (QED) is 0.576. The van der Waals surface area contributed by atoms with E-state index in [9.17, 15) is 13.2 Å². The molecule has 1 saturated heterocycles. The van der Waals surface area contributed by atoms with E-state index in [1.807, 2.05) is 60.9 Å². The minimum atomic E-state index is -3.59. The summed E-state index contributed by atoms with van der Waals surface area (Å²) in [6.07, 6.45) is 2.00. The van der Waals surface area contributed by atoms with E-state index in [4.69, 9.17) is 0 Å². The van der Waals surface area contributed by atoms with E-state index in [1.165, 1.54) is 4.31 Å². The first-order chi connectivity index (χ1) is 15.0. The number of anilines is 1. The van der Waals surface area contributed by atoms with Crippen molar-refractivity contribution in [3.05, 3.63) is 66.7 Å². The van der Waals surface area contributed by atoms with Gasteiger partial charge in [0, 0.05) is 36.8 Å². The van der Waals surface area contributed by atoms with Gasteiger partial charge < -0.3 is 10.2 Å². The number of rotatable bonds is 6. The van der Waals surface area contributed by atoms with Crippen LogP contribution in [-0.2, 0) is 14.8 Å². The molecule has 0 atom stereocenters. The standard InChI is InChI=1S/C23H25N3O3S2/c1-30-22-9-5-4-8-21(22)24-17-23(27)25-12-14-26(15-13-25)31(28,29)20-11-10-18-6-2-3-7-19(18)16-20/h2-11,16,24H,12-15,17H2,1H3. The summed E-state index contributed by atoms with van der Waals surface area (Å²) in [5.74, 6) is -0.0290. The van der Waals surface area contributed by atoms with E-state index in [1.54, 1.807) is 28.8 Å². The summed E-state index contributed by atoms with van der Waals surface area (Å²) in [7, 11) is -3.59. The Labute approximate surface area is 187 Å². The second-order valence-corrected chi connectivity index (χ2v) is 10.1. The summed E-state index contributed by atoms with van der Waals surface area (Å²) < 4.78 is 27.7. The van der Waals surface area contributed by atoms with Gasteiger partial charge in [-0.3, -0.25) is 4.79 Å². The number of nitrogens with zero attached hydrogens (tertiary/aromatic N) is 2. The van der Waals surface area contributed by atoms with Crippen LogP contribution in [0.25, 0.3) is 10.8 Å². The molecule has 1 heterocycles. The molecule has 0 radical (unpaired) electrons. The van der Waals surface area contributed by atoms with Gasteiger partial charge in [-0.05, 0) is 41.3 Å². The second-order valence-electron chi connectivity index (χ2n) is 7.35. The summed E-state index contributed by atoms with van der Waals surface area (Å²) in [4.78, 5) is 15.7. The van der Waals surface area contributed by atoms with Crippen molar-refractivity contribution in [1.82, 2.24) is 9.21 Å². The molecule has 8 heteroatoms. The number of piperazine rings is 1. The first kappa shape index (κ1) is 21.7. The van der Waals surface area contributed by atoms with Crippen molar-refractivity contribution in [1.29, 1.82) is 0 Å². The van der Waals surface area contributed by atoms with Gasteiger partial charge in [0.2, 0.25) is 15.9 Å². The monoisotopic (exact) mass is 455 g/mol. The number of thioether (sulfide) groups is 1. The topological polar surface area (TPSA) is 69.7 Å². The zero-order chi connectivity index (χ0) is 21.8. The number of nitrogens with one attached hydrogen (secondary N) is 1. The molecule has 1 aliphatic rings. The molecule has 3 aromatic carbocycles. The van der Waals surface area contributed by atoms with Crippen molar-refractivity contribution < 1.29 is 13.2 Å². The molecule has 0 unspecified atom stereocenters. The average Bonchev–Trinajstić information content (AvgIpc) is 2.82. The van der Waals surface area contributed by atoms with Gasteiger partial charge in [-0.2, -0.15) is 4.31 Å². The van der Waals surface area contributed by atoms with Crippen LogP contribution >= 0.6 is 11.8 Å².